The Kier molecular flexibility index (Phi) is 4.99. The smallest absolute Gasteiger partial charge is 0.332 e. The molecule has 26 heavy (non-hydrogen) atoms. The van der Waals surface area contributed by atoms with Crippen molar-refractivity contribution in [3.63, 3.8) is 0 Å². The molecule has 0 aromatic carbocycles. The van der Waals surface area contributed by atoms with E-state index in [1.165, 1.54) is 23.0 Å². The van der Waals surface area contributed by atoms with Gasteiger partial charge < -0.3 is 15.5 Å². The fourth-order valence-corrected chi connectivity index (χ4v) is 3.31. The maximum Gasteiger partial charge on any atom is 0.332 e. The van der Waals surface area contributed by atoms with Gasteiger partial charge in [0.2, 0.25) is 0 Å². The lowest BCUT2D eigenvalue weighted by atomic mass is 10.2. The highest BCUT2D eigenvalue weighted by Crippen LogP contribution is 2.26. The third-order valence-electron chi connectivity index (χ3n) is 3.89. The highest BCUT2D eigenvalue weighted by molar-refractivity contribution is 7.14. The first kappa shape index (κ1) is 18.0. The lowest BCUT2D eigenvalue weighted by Gasteiger charge is -2.15. The van der Waals surface area contributed by atoms with Crippen molar-refractivity contribution in [3.05, 3.63) is 50.4 Å². The number of anilines is 2. The summed E-state index contributed by atoms with van der Waals surface area (Å²) in [6.07, 6.45) is 1.60. The van der Waals surface area contributed by atoms with E-state index < -0.39 is 11.2 Å². The molecule has 3 heterocycles. The number of nitrogens with two attached hydrogens (primary N) is 1. The first-order valence-corrected chi connectivity index (χ1v) is 9.08. The zero-order valence-corrected chi connectivity index (χ0v) is 15.7. The van der Waals surface area contributed by atoms with Crippen LogP contribution in [0.15, 0.2) is 37.8 Å². The molecule has 0 amide bonds. The number of rotatable bonds is 6. The summed E-state index contributed by atoms with van der Waals surface area (Å²) in [5.74, 6) is 1.14. The molecule has 0 unspecified atom stereocenters. The first-order chi connectivity index (χ1) is 12.4. The third kappa shape index (κ3) is 3.43. The van der Waals surface area contributed by atoms with Crippen LogP contribution in [-0.2, 0) is 20.1 Å². The quantitative estimate of drug-likeness (QED) is 0.683. The standard InChI is InChI=1S/C17H21N5O3S/c1-10(2)8-22-14(18)13(15(23)21(3)17(22)24)12-9-26-16(20-12)19-7-11-5-4-6-25-11/h4-6,9-10H,7-8,18H2,1-3H3,(H,19,20). The van der Waals surface area contributed by atoms with Crippen LogP contribution in [0, 0.1) is 5.92 Å². The second-order valence-electron chi connectivity index (χ2n) is 6.38. The lowest BCUT2D eigenvalue weighted by molar-refractivity contribution is 0.494. The van der Waals surface area contributed by atoms with Crippen molar-refractivity contribution in [1.82, 2.24) is 14.1 Å². The van der Waals surface area contributed by atoms with E-state index in [1.807, 2.05) is 26.0 Å². The molecule has 138 valence electrons. The van der Waals surface area contributed by atoms with Crippen LogP contribution in [-0.4, -0.2) is 14.1 Å². The Morgan fingerprint density at radius 1 is 1.38 bits per heavy atom. The van der Waals surface area contributed by atoms with Gasteiger partial charge in [-0.05, 0) is 18.1 Å². The summed E-state index contributed by atoms with van der Waals surface area (Å²) in [7, 11) is 1.45. The summed E-state index contributed by atoms with van der Waals surface area (Å²) in [4.78, 5) is 29.4. The summed E-state index contributed by atoms with van der Waals surface area (Å²) in [5.41, 5.74) is 6.00. The lowest BCUT2D eigenvalue weighted by Crippen LogP contribution is -2.41. The molecule has 0 saturated heterocycles. The maximum atomic E-state index is 12.6. The normalized spacial score (nSPS) is 11.2. The van der Waals surface area contributed by atoms with E-state index in [1.54, 1.807) is 11.6 Å². The number of furan rings is 1. The van der Waals surface area contributed by atoms with Crippen LogP contribution in [0.25, 0.3) is 11.3 Å². The molecule has 0 fully saturated rings. The Morgan fingerprint density at radius 2 is 2.15 bits per heavy atom. The summed E-state index contributed by atoms with van der Waals surface area (Å²) < 4.78 is 7.77. The van der Waals surface area contributed by atoms with E-state index in [0.29, 0.717) is 23.9 Å². The largest absolute Gasteiger partial charge is 0.467 e. The molecule has 8 nitrogen and oxygen atoms in total. The van der Waals surface area contributed by atoms with Crippen LogP contribution < -0.4 is 22.3 Å². The molecular weight excluding hydrogens is 354 g/mol. The Hall–Kier alpha value is -2.81. The van der Waals surface area contributed by atoms with Gasteiger partial charge in [0.05, 0.1) is 18.5 Å². The molecule has 0 aliphatic rings. The van der Waals surface area contributed by atoms with Crippen molar-refractivity contribution in [1.29, 1.82) is 0 Å². The second-order valence-corrected chi connectivity index (χ2v) is 7.24. The zero-order chi connectivity index (χ0) is 18.8. The number of nitrogens with one attached hydrogen (secondary N) is 1. The van der Waals surface area contributed by atoms with E-state index in [2.05, 4.69) is 10.3 Å². The van der Waals surface area contributed by atoms with Crippen LogP contribution in [0.5, 0.6) is 0 Å². The average molecular weight is 375 g/mol. The molecule has 3 rings (SSSR count). The maximum absolute atomic E-state index is 12.6. The van der Waals surface area contributed by atoms with Crippen LogP contribution in [0.3, 0.4) is 0 Å². The molecule has 0 spiro atoms. The van der Waals surface area contributed by atoms with Gasteiger partial charge in [0, 0.05) is 19.0 Å². The molecule has 0 bridgehead atoms. The highest BCUT2D eigenvalue weighted by Gasteiger charge is 2.19. The number of hydrogen-bond donors (Lipinski definition) is 2. The topological polar surface area (TPSA) is 108 Å². The number of nitrogen functional groups attached to an aromatic ring is 1. The Morgan fingerprint density at radius 3 is 2.81 bits per heavy atom. The molecule has 9 heteroatoms. The van der Waals surface area contributed by atoms with E-state index in [0.717, 1.165) is 10.3 Å². The monoisotopic (exact) mass is 375 g/mol. The SMILES string of the molecule is CC(C)Cn1c(N)c(-c2csc(NCc3ccco3)n2)c(=O)n(C)c1=O. The molecule has 0 radical (unpaired) electrons. The van der Waals surface area contributed by atoms with Crippen molar-refractivity contribution in [2.75, 3.05) is 11.1 Å². The van der Waals surface area contributed by atoms with E-state index in [4.69, 9.17) is 10.2 Å². The number of aromatic nitrogens is 3. The van der Waals surface area contributed by atoms with Crippen molar-refractivity contribution in [2.24, 2.45) is 13.0 Å². The summed E-state index contributed by atoms with van der Waals surface area (Å²) in [6.45, 7) is 4.88. The van der Waals surface area contributed by atoms with Crippen LogP contribution in [0.2, 0.25) is 0 Å². The summed E-state index contributed by atoms with van der Waals surface area (Å²) in [6, 6.07) is 3.67. The molecule has 3 N–H and O–H groups in total. The fraction of sp³-hybridized carbons (Fsp3) is 0.353. The van der Waals surface area contributed by atoms with Gasteiger partial charge in [-0.15, -0.1) is 11.3 Å². The Balaban J connectivity index is 1.97. The van der Waals surface area contributed by atoms with Gasteiger partial charge in [-0.3, -0.25) is 13.9 Å². The predicted octanol–water partition coefficient (Wildman–Crippen LogP) is 2.11. The van der Waals surface area contributed by atoms with Crippen molar-refractivity contribution in [2.45, 2.75) is 26.9 Å². The molecular formula is C17H21N5O3S. The minimum atomic E-state index is -0.449. The highest BCUT2D eigenvalue weighted by atomic mass is 32.1. The van der Waals surface area contributed by atoms with Gasteiger partial charge in [-0.25, -0.2) is 9.78 Å². The molecule has 0 aliphatic carbocycles. The van der Waals surface area contributed by atoms with E-state index >= 15 is 0 Å². The molecule has 0 saturated carbocycles. The second kappa shape index (κ2) is 7.20. The van der Waals surface area contributed by atoms with Gasteiger partial charge >= 0.3 is 5.69 Å². The number of hydrogen-bond acceptors (Lipinski definition) is 7. The van der Waals surface area contributed by atoms with Crippen LogP contribution in [0.1, 0.15) is 19.6 Å². The fourth-order valence-electron chi connectivity index (χ4n) is 2.61. The van der Waals surface area contributed by atoms with E-state index in [9.17, 15) is 9.59 Å². The van der Waals surface area contributed by atoms with Gasteiger partial charge in [-0.1, -0.05) is 13.8 Å². The van der Waals surface area contributed by atoms with Gasteiger partial charge in [0.25, 0.3) is 5.56 Å². The van der Waals surface area contributed by atoms with Crippen molar-refractivity contribution >= 4 is 22.3 Å². The molecule has 0 aliphatic heterocycles. The van der Waals surface area contributed by atoms with Gasteiger partial charge in [0.15, 0.2) is 5.13 Å². The molecule has 3 aromatic heterocycles. The summed E-state index contributed by atoms with van der Waals surface area (Å²) in [5, 5.41) is 5.53. The van der Waals surface area contributed by atoms with Crippen LogP contribution in [0.4, 0.5) is 10.9 Å². The minimum absolute atomic E-state index is 0.148. The average Bonchev–Trinajstić information content (AvgIpc) is 3.27. The molecule has 0 atom stereocenters. The summed E-state index contributed by atoms with van der Waals surface area (Å²) >= 11 is 1.36. The van der Waals surface area contributed by atoms with E-state index in [-0.39, 0.29) is 17.3 Å². The minimum Gasteiger partial charge on any atom is -0.467 e. The zero-order valence-electron chi connectivity index (χ0n) is 14.9. The third-order valence-corrected chi connectivity index (χ3v) is 4.69. The first-order valence-electron chi connectivity index (χ1n) is 8.20. The van der Waals surface area contributed by atoms with Gasteiger partial charge in [-0.2, -0.15) is 0 Å². The van der Waals surface area contributed by atoms with Crippen molar-refractivity contribution < 1.29 is 4.42 Å². The Labute approximate surface area is 153 Å². The number of thiazole rings is 1. The van der Waals surface area contributed by atoms with Gasteiger partial charge in [0.1, 0.15) is 17.1 Å². The Bertz CT molecular complexity index is 1010. The van der Waals surface area contributed by atoms with Crippen LogP contribution >= 0.6 is 11.3 Å². The molecule has 3 aromatic rings. The number of nitrogens with zero attached hydrogens (tertiary/aromatic N) is 3. The predicted molar refractivity (Wildman–Crippen MR) is 102 cm³/mol. The van der Waals surface area contributed by atoms with Crippen molar-refractivity contribution in [3.8, 4) is 11.3 Å².